The molecular weight excluding hydrogens is 492 g/mol. The number of phenols is 1. The van der Waals surface area contributed by atoms with Gasteiger partial charge < -0.3 is 42.9 Å². The number of aromatic hydroxyl groups is 1. The lowest BCUT2D eigenvalue weighted by molar-refractivity contribution is -0.149. The molecule has 1 aromatic rings. The lowest BCUT2D eigenvalue weighted by Gasteiger charge is -2.29. The van der Waals surface area contributed by atoms with Crippen LogP contribution >= 0.6 is 0 Å². The first-order chi connectivity index (χ1) is 18.2. The summed E-state index contributed by atoms with van der Waals surface area (Å²) in [5.41, 5.74) is 17.8. The number of nitrogens with zero attached hydrogens (tertiary/aromatic N) is 1. The van der Waals surface area contributed by atoms with Gasteiger partial charge in [0.25, 0.3) is 0 Å². The van der Waals surface area contributed by atoms with Crippen molar-refractivity contribution in [3.8, 4) is 5.75 Å². The fraction of sp³-hybridized carbons (Fsp3) is 0.615. The Morgan fingerprint density at radius 3 is 2.13 bits per heavy atom. The number of rotatable bonds is 16. The number of aliphatic carboxylic acids is 1. The van der Waals surface area contributed by atoms with E-state index in [4.69, 9.17) is 17.2 Å². The van der Waals surface area contributed by atoms with Crippen LogP contribution < -0.4 is 27.8 Å². The third-order valence-corrected chi connectivity index (χ3v) is 6.70. The largest absolute Gasteiger partial charge is 0.508 e. The number of carbonyl (C=O) groups is 4. The van der Waals surface area contributed by atoms with Gasteiger partial charge in [0.05, 0.1) is 6.04 Å². The number of hydrogen-bond donors (Lipinski definition) is 7. The maximum Gasteiger partial charge on any atom is 0.326 e. The van der Waals surface area contributed by atoms with Gasteiger partial charge in [-0.2, -0.15) is 0 Å². The van der Waals surface area contributed by atoms with Crippen molar-refractivity contribution >= 4 is 23.7 Å². The van der Waals surface area contributed by atoms with Gasteiger partial charge in [0.2, 0.25) is 17.7 Å². The third-order valence-electron chi connectivity index (χ3n) is 6.70. The maximum absolute atomic E-state index is 13.5. The van der Waals surface area contributed by atoms with Gasteiger partial charge in [0.1, 0.15) is 23.9 Å². The van der Waals surface area contributed by atoms with Crippen LogP contribution in [-0.2, 0) is 25.6 Å². The van der Waals surface area contributed by atoms with E-state index in [0.29, 0.717) is 63.6 Å². The molecule has 0 bridgehead atoms. The molecule has 4 unspecified atom stereocenters. The van der Waals surface area contributed by atoms with Crippen LogP contribution in [-0.4, -0.2) is 82.6 Å². The number of unbranched alkanes of at least 4 members (excludes halogenated alkanes) is 2. The van der Waals surface area contributed by atoms with Crippen LogP contribution in [0.5, 0.6) is 5.75 Å². The lowest BCUT2D eigenvalue weighted by Crippen LogP contribution is -2.57. The van der Waals surface area contributed by atoms with Crippen LogP contribution in [0.3, 0.4) is 0 Å². The molecule has 0 radical (unpaired) electrons. The summed E-state index contributed by atoms with van der Waals surface area (Å²) in [6.45, 7) is 1.19. The second-order valence-corrected chi connectivity index (χ2v) is 9.70. The Balaban J connectivity index is 2.21. The molecule has 0 aliphatic carbocycles. The summed E-state index contributed by atoms with van der Waals surface area (Å²) in [5.74, 6) is -2.59. The molecule has 2 rings (SSSR count). The van der Waals surface area contributed by atoms with Crippen molar-refractivity contribution in [2.45, 2.75) is 82.0 Å². The van der Waals surface area contributed by atoms with Gasteiger partial charge in [0.15, 0.2) is 0 Å². The number of benzene rings is 1. The molecule has 0 spiro atoms. The van der Waals surface area contributed by atoms with E-state index in [1.807, 2.05) is 0 Å². The fourth-order valence-corrected chi connectivity index (χ4v) is 4.51. The van der Waals surface area contributed by atoms with Gasteiger partial charge in [-0.3, -0.25) is 14.4 Å². The van der Waals surface area contributed by atoms with E-state index in [0.717, 1.165) is 6.42 Å². The van der Waals surface area contributed by atoms with Gasteiger partial charge >= 0.3 is 5.97 Å². The van der Waals surface area contributed by atoms with Crippen molar-refractivity contribution in [2.24, 2.45) is 17.2 Å². The Hall–Kier alpha value is -3.22. The highest BCUT2D eigenvalue weighted by molar-refractivity contribution is 5.94. The van der Waals surface area contributed by atoms with Crippen LogP contribution in [0, 0.1) is 0 Å². The molecule has 12 nitrogen and oxygen atoms in total. The number of carbonyl (C=O) groups excluding carboxylic acids is 3. The van der Waals surface area contributed by atoms with E-state index >= 15 is 0 Å². The molecule has 3 amide bonds. The maximum atomic E-state index is 13.5. The second kappa shape index (κ2) is 15.9. The monoisotopic (exact) mass is 534 g/mol. The quantitative estimate of drug-likeness (QED) is 0.137. The molecule has 0 aromatic heterocycles. The molecule has 1 heterocycles. The molecule has 10 N–H and O–H groups in total. The molecule has 1 saturated heterocycles. The second-order valence-electron chi connectivity index (χ2n) is 9.70. The molecule has 1 aliphatic heterocycles. The average molecular weight is 535 g/mol. The number of likely N-dealkylation sites (tertiary alicyclic amines) is 1. The van der Waals surface area contributed by atoms with Crippen molar-refractivity contribution in [3.05, 3.63) is 29.8 Å². The fourth-order valence-electron chi connectivity index (χ4n) is 4.51. The van der Waals surface area contributed by atoms with Crippen molar-refractivity contribution in [1.29, 1.82) is 0 Å². The zero-order chi connectivity index (χ0) is 28.1. The molecule has 0 saturated carbocycles. The number of carboxylic acid groups (broad SMARTS) is 1. The van der Waals surface area contributed by atoms with E-state index in [2.05, 4.69) is 10.6 Å². The van der Waals surface area contributed by atoms with Crippen molar-refractivity contribution in [1.82, 2.24) is 15.5 Å². The number of amides is 3. The number of nitrogens with two attached hydrogens (primary N) is 3. The highest BCUT2D eigenvalue weighted by atomic mass is 16.4. The minimum Gasteiger partial charge on any atom is -0.508 e. The highest BCUT2D eigenvalue weighted by Gasteiger charge is 2.38. The highest BCUT2D eigenvalue weighted by Crippen LogP contribution is 2.20. The summed E-state index contributed by atoms with van der Waals surface area (Å²) in [5, 5.41) is 24.6. The number of carboxylic acids is 1. The zero-order valence-electron chi connectivity index (χ0n) is 21.8. The minimum atomic E-state index is -1.10. The standard InChI is InChI=1S/C26H42N6O6/c27-13-3-1-6-19(29)23(34)30-20(7-2-4-14-28)24(35)31-21(16-17-9-11-18(33)12-10-17)25(36)32-15-5-8-22(32)26(37)38/h9-12,19-22,33H,1-8,13-16,27-29H2,(H,30,34)(H,31,35)(H,37,38). The number of phenolic OH excluding ortho intramolecular Hbond substituents is 1. The van der Waals surface area contributed by atoms with E-state index in [1.54, 1.807) is 12.1 Å². The van der Waals surface area contributed by atoms with Crippen LogP contribution in [0.4, 0.5) is 0 Å². The van der Waals surface area contributed by atoms with E-state index in [1.165, 1.54) is 17.0 Å². The normalized spacial score (nSPS) is 17.4. The smallest absolute Gasteiger partial charge is 0.326 e. The first-order valence-corrected chi connectivity index (χ1v) is 13.3. The minimum absolute atomic E-state index is 0.0524. The summed E-state index contributed by atoms with van der Waals surface area (Å²) in [6, 6.07) is 2.41. The van der Waals surface area contributed by atoms with Crippen LogP contribution in [0.25, 0.3) is 0 Å². The SMILES string of the molecule is NCCCCC(N)C(=O)NC(CCCCN)C(=O)NC(Cc1ccc(O)cc1)C(=O)N1CCCC1C(=O)O. The third kappa shape index (κ3) is 9.58. The Labute approximate surface area is 223 Å². The Morgan fingerprint density at radius 2 is 1.53 bits per heavy atom. The van der Waals surface area contributed by atoms with Crippen molar-refractivity contribution < 1.29 is 29.4 Å². The number of hydrogen-bond acceptors (Lipinski definition) is 8. The molecule has 12 heteroatoms. The molecule has 212 valence electrons. The van der Waals surface area contributed by atoms with Gasteiger partial charge in [-0.25, -0.2) is 4.79 Å². The van der Waals surface area contributed by atoms with E-state index in [-0.39, 0.29) is 18.7 Å². The topological polar surface area (TPSA) is 214 Å². The van der Waals surface area contributed by atoms with Gasteiger partial charge in [-0.15, -0.1) is 0 Å². The lowest BCUT2D eigenvalue weighted by atomic mass is 10.0. The van der Waals surface area contributed by atoms with Gasteiger partial charge in [0, 0.05) is 13.0 Å². The molecule has 38 heavy (non-hydrogen) atoms. The summed E-state index contributed by atoms with van der Waals surface area (Å²) in [6.07, 6.45) is 4.31. The van der Waals surface area contributed by atoms with Gasteiger partial charge in [-0.1, -0.05) is 18.6 Å². The predicted octanol–water partition coefficient (Wildman–Crippen LogP) is -0.435. The van der Waals surface area contributed by atoms with Crippen LogP contribution in [0.1, 0.15) is 56.9 Å². The Kier molecular flexibility index (Phi) is 13.0. The van der Waals surface area contributed by atoms with Gasteiger partial charge in [-0.05, 0) is 75.7 Å². The number of nitrogens with one attached hydrogen (secondary N) is 2. The summed E-state index contributed by atoms with van der Waals surface area (Å²) in [7, 11) is 0. The molecule has 1 aliphatic rings. The first-order valence-electron chi connectivity index (χ1n) is 13.3. The molecular formula is C26H42N6O6. The molecule has 1 fully saturated rings. The van der Waals surface area contributed by atoms with Crippen LogP contribution in [0.2, 0.25) is 0 Å². The summed E-state index contributed by atoms with van der Waals surface area (Å²) in [4.78, 5) is 52.6. The predicted molar refractivity (Wildman–Crippen MR) is 142 cm³/mol. The van der Waals surface area contributed by atoms with E-state index < -0.39 is 47.9 Å². The Morgan fingerprint density at radius 1 is 0.921 bits per heavy atom. The van der Waals surface area contributed by atoms with Crippen molar-refractivity contribution in [2.75, 3.05) is 19.6 Å². The van der Waals surface area contributed by atoms with Crippen molar-refractivity contribution in [3.63, 3.8) is 0 Å². The Bertz CT molecular complexity index is 927. The molecule has 1 aromatic carbocycles. The molecule has 4 atom stereocenters. The summed E-state index contributed by atoms with van der Waals surface area (Å²) < 4.78 is 0. The summed E-state index contributed by atoms with van der Waals surface area (Å²) >= 11 is 0. The van der Waals surface area contributed by atoms with Crippen LogP contribution in [0.15, 0.2) is 24.3 Å². The van der Waals surface area contributed by atoms with E-state index in [9.17, 15) is 29.4 Å². The zero-order valence-corrected chi connectivity index (χ0v) is 21.8. The average Bonchev–Trinajstić information content (AvgIpc) is 3.39. The first kappa shape index (κ1) is 31.0.